The molecule has 0 heterocycles. The molecule has 0 saturated heterocycles. The van der Waals surface area contributed by atoms with Gasteiger partial charge in [-0.05, 0) is 35.0 Å². The van der Waals surface area contributed by atoms with E-state index in [0.29, 0.717) is 10.6 Å². The first-order valence-electron chi connectivity index (χ1n) is 6.95. The summed E-state index contributed by atoms with van der Waals surface area (Å²) in [5.41, 5.74) is 1.58. The number of ketones is 1. The normalized spacial score (nSPS) is 11.0. The van der Waals surface area contributed by atoms with Crippen LogP contribution >= 0.6 is 11.6 Å². The van der Waals surface area contributed by atoms with Crippen LogP contribution in [0, 0.1) is 0 Å². The van der Waals surface area contributed by atoms with Gasteiger partial charge >= 0.3 is 0 Å². The summed E-state index contributed by atoms with van der Waals surface area (Å²) in [5.74, 6) is -0.0294. The standard InChI is InChI=1S/C19H14ClNO/c20-15-8-10-16(11-9-15)21-13-12-19(22)18-7-3-5-14-4-1-2-6-17(14)18/h1-13,21H/b13-12+. The SMILES string of the molecule is O=C(/C=C/Nc1ccc(Cl)cc1)c1cccc2ccccc12. The summed E-state index contributed by atoms with van der Waals surface area (Å²) in [6.45, 7) is 0. The number of halogens is 1. The fourth-order valence-electron chi connectivity index (χ4n) is 2.29. The molecule has 3 rings (SSSR count). The minimum Gasteiger partial charge on any atom is -0.362 e. The van der Waals surface area contributed by atoms with Crippen LogP contribution in [0.4, 0.5) is 5.69 Å². The van der Waals surface area contributed by atoms with Crippen molar-refractivity contribution in [3.63, 3.8) is 0 Å². The summed E-state index contributed by atoms with van der Waals surface area (Å²) in [6, 6.07) is 20.9. The van der Waals surface area contributed by atoms with Gasteiger partial charge < -0.3 is 5.32 Å². The van der Waals surface area contributed by atoms with Crippen LogP contribution in [-0.2, 0) is 0 Å². The van der Waals surface area contributed by atoms with Crippen LogP contribution in [0.2, 0.25) is 5.02 Å². The first-order valence-corrected chi connectivity index (χ1v) is 7.32. The minimum absolute atomic E-state index is 0.0294. The highest BCUT2D eigenvalue weighted by Crippen LogP contribution is 2.19. The van der Waals surface area contributed by atoms with E-state index >= 15 is 0 Å². The molecule has 0 fully saturated rings. The molecule has 3 aromatic carbocycles. The van der Waals surface area contributed by atoms with Crippen molar-refractivity contribution in [3.8, 4) is 0 Å². The molecule has 0 atom stereocenters. The van der Waals surface area contributed by atoms with E-state index in [1.165, 1.54) is 6.08 Å². The van der Waals surface area contributed by atoms with Crippen molar-refractivity contribution in [3.05, 3.63) is 89.6 Å². The van der Waals surface area contributed by atoms with E-state index in [-0.39, 0.29) is 5.78 Å². The Labute approximate surface area is 134 Å². The van der Waals surface area contributed by atoms with Crippen molar-refractivity contribution >= 4 is 33.8 Å². The van der Waals surface area contributed by atoms with E-state index in [1.807, 2.05) is 54.6 Å². The van der Waals surface area contributed by atoms with Gasteiger partial charge in [-0.3, -0.25) is 4.79 Å². The number of hydrogen-bond donors (Lipinski definition) is 1. The lowest BCUT2D eigenvalue weighted by Gasteiger charge is -2.03. The van der Waals surface area contributed by atoms with Crippen LogP contribution < -0.4 is 5.32 Å². The third kappa shape index (κ3) is 3.18. The lowest BCUT2D eigenvalue weighted by atomic mass is 10.0. The van der Waals surface area contributed by atoms with E-state index in [4.69, 9.17) is 11.6 Å². The molecule has 0 amide bonds. The number of fused-ring (bicyclic) bond motifs is 1. The fraction of sp³-hybridized carbons (Fsp3) is 0. The summed E-state index contributed by atoms with van der Waals surface area (Å²) in [6.07, 6.45) is 3.18. The third-order valence-electron chi connectivity index (χ3n) is 3.38. The molecule has 0 aliphatic rings. The van der Waals surface area contributed by atoms with Crippen molar-refractivity contribution in [2.75, 3.05) is 5.32 Å². The number of rotatable bonds is 4. The highest BCUT2D eigenvalue weighted by molar-refractivity contribution is 6.30. The van der Waals surface area contributed by atoms with Crippen LogP contribution in [-0.4, -0.2) is 5.78 Å². The molecule has 0 spiro atoms. The van der Waals surface area contributed by atoms with E-state index in [1.54, 1.807) is 18.3 Å². The lowest BCUT2D eigenvalue weighted by Crippen LogP contribution is -1.97. The second-order valence-corrected chi connectivity index (χ2v) is 5.31. The molecule has 108 valence electrons. The van der Waals surface area contributed by atoms with Crippen molar-refractivity contribution in [1.29, 1.82) is 0 Å². The molecule has 0 radical (unpaired) electrons. The number of nitrogens with one attached hydrogen (secondary N) is 1. The zero-order valence-electron chi connectivity index (χ0n) is 11.8. The maximum Gasteiger partial charge on any atom is 0.187 e. The van der Waals surface area contributed by atoms with Crippen LogP contribution in [0.1, 0.15) is 10.4 Å². The van der Waals surface area contributed by atoms with Gasteiger partial charge in [0, 0.05) is 28.5 Å². The van der Waals surface area contributed by atoms with Gasteiger partial charge in [-0.15, -0.1) is 0 Å². The molecule has 0 bridgehead atoms. The Morgan fingerprint density at radius 3 is 2.45 bits per heavy atom. The predicted molar refractivity (Wildman–Crippen MR) is 92.5 cm³/mol. The topological polar surface area (TPSA) is 29.1 Å². The van der Waals surface area contributed by atoms with E-state index in [2.05, 4.69) is 5.32 Å². The molecule has 22 heavy (non-hydrogen) atoms. The Hall–Kier alpha value is -2.58. The largest absolute Gasteiger partial charge is 0.362 e. The molecule has 1 N–H and O–H groups in total. The van der Waals surface area contributed by atoms with Crippen molar-refractivity contribution in [2.45, 2.75) is 0 Å². The number of benzene rings is 3. The Balaban J connectivity index is 1.78. The van der Waals surface area contributed by atoms with E-state index in [0.717, 1.165) is 16.5 Å². The van der Waals surface area contributed by atoms with Crippen LogP contribution in [0.3, 0.4) is 0 Å². The second kappa shape index (κ2) is 6.46. The Bertz CT molecular complexity index is 832. The van der Waals surface area contributed by atoms with Gasteiger partial charge in [0.2, 0.25) is 0 Å². The molecule has 0 aromatic heterocycles. The zero-order chi connectivity index (χ0) is 15.4. The van der Waals surface area contributed by atoms with E-state index < -0.39 is 0 Å². The van der Waals surface area contributed by atoms with Crippen molar-refractivity contribution in [2.24, 2.45) is 0 Å². The lowest BCUT2D eigenvalue weighted by molar-refractivity contribution is 0.104. The van der Waals surface area contributed by atoms with Gasteiger partial charge in [-0.2, -0.15) is 0 Å². The summed E-state index contributed by atoms with van der Waals surface area (Å²) >= 11 is 5.83. The molecule has 0 unspecified atom stereocenters. The molecular formula is C19H14ClNO. The van der Waals surface area contributed by atoms with Gasteiger partial charge in [0.05, 0.1) is 0 Å². The average Bonchev–Trinajstić information content (AvgIpc) is 2.56. The zero-order valence-corrected chi connectivity index (χ0v) is 12.5. The summed E-state index contributed by atoms with van der Waals surface area (Å²) in [7, 11) is 0. The highest BCUT2D eigenvalue weighted by Gasteiger charge is 2.06. The van der Waals surface area contributed by atoms with Gasteiger partial charge in [-0.25, -0.2) is 0 Å². The highest BCUT2D eigenvalue weighted by atomic mass is 35.5. The molecular weight excluding hydrogens is 294 g/mol. The quantitative estimate of drug-likeness (QED) is 0.523. The monoisotopic (exact) mass is 307 g/mol. The smallest absolute Gasteiger partial charge is 0.187 e. The second-order valence-electron chi connectivity index (χ2n) is 4.88. The van der Waals surface area contributed by atoms with Gasteiger partial charge in [-0.1, -0.05) is 54.1 Å². The predicted octanol–water partition coefficient (Wildman–Crippen LogP) is 5.30. The van der Waals surface area contributed by atoms with E-state index in [9.17, 15) is 4.79 Å². The fourth-order valence-corrected chi connectivity index (χ4v) is 2.42. The van der Waals surface area contributed by atoms with Gasteiger partial charge in [0.25, 0.3) is 0 Å². The molecule has 0 saturated carbocycles. The Kier molecular flexibility index (Phi) is 4.22. The summed E-state index contributed by atoms with van der Waals surface area (Å²) in [4.78, 5) is 12.4. The first-order chi connectivity index (χ1) is 10.7. The maximum atomic E-state index is 12.4. The number of carbonyl (C=O) groups is 1. The summed E-state index contributed by atoms with van der Waals surface area (Å²) in [5, 5.41) is 5.77. The maximum absolute atomic E-state index is 12.4. The Morgan fingerprint density at radius 1 is 0.909 bits per heavy atom. The number of anilines is 1. The minimum atomic E-state index is -0.0294. The van der Waals surface area contributed by atoms with Crippen molar-refractivity contribution < 1.29 is 4.79 Å². The number of hydrogen-bond acceptors (Lipinski definition) is 2. The number of allylic oxidation sites excluding steroid dienone is 1. The number of carbonyl (C=O) groups excluding carboxylic acids is 1. The van der Waals surface area contributed by atoms with Gasteiger partial charge in [0.1, 0.15) is 0 Å². The van der Waals surface area contributed by atoms with Crippen LogP contribution in [0.5, 0.6) is 0 Å². The molecule has 0 aliphatic carbocycles. The van der Waals surface area contributed by atoms with Crippen LogP contribution in [0.25, 0.3) is 10.8 Å². The molecule has 2 nitrogen and oxygen atoms in total. The Morgan fingerprint density at radius 2 is 1.64 bits per heavy atom. The van der Waals surface area contributed by atoms with Crippen LogP contribution in [0.15, 0.2) is 79.0 Å². The van der Waals surface area contributed by atoms with Gasteiger partial charge in [0.15, 0.2) is 5.78 Å². The molecule has 3 aromatic rings. The average molecular weight is 308 g/mol. The molecule has 0 aliphatic heterocycles. The first kappa shape index (κ1) is 14.4. The molecule has 3 heteroatoms. The van der Waals surface area contributed by atoms with Crippen molar-refractivity contribution in [1.82, 2.24) is 0 Å². The third-order valence-corrected chi connectivity index (χ3v) is 3.64. The summed E-state index contributed by atoms with van der Waals surface area (Å²) < 4.78 is 0.